The monoisotopic (exact) mass is 317 g/mol. The number of benzene rings is 1. The number of likely N-dealkylation sites (N-methyl/N-ethyl adjacent to an activating group) is 1. The zero-order chi connectivity index (χ0) is 13.5. The SMILES string of the molecule is CN(CCOCCO)C(=O)c1cc(Br)ccc1O. The van der Waals surface area contributed by atoms with Gasteiger partial charge in [-0.25, -0.2) is 0 Å². The van der Waals surface area contributed by atoms with Crippen LogP contribution in [0.15, 0.2) is 22.7 Å². The van der Waals surface area contributed by atoms with Gasteiger partial charge in [0.05, 0.1) is 25.4 Å². The van der Waals surface area contributed by atoms with E-state index in [1.54, 1.807) is 19.2 Å². The third-order valence-electron chi connectivity index (χ3n) is 2.34. The molecular formula is C12H16BrNO4. The number of phenolic OH excluding ortho intramolecular Hbond substituents is 1. The fourth-order valence-electron chi connectivity index (χ4n) is 1.35. The summed E-state index contributed by atoms with van der Waals surface area (Å²) in [7, 11) is 1.63. The molecule has 1 aromatic rings. The third kappa shape index (κ3) is 4.29. The summed E-state index contributed by atoms with van der Waals surface area (Å²) < 4.78 is 5.81. The third-order valence-corrected chi connectivity index (χ3v) is 2.84. The highest BCUT2D eigenvalue weighted by Crippen LogP contribution is 2.22. The van der Waals surface area contributed by atoms with Gasteiger partial charge in [0, 0.05) is 18.1 Å². The number of rotatable bonds is 6. The van der Waals surface area contributed by atoms with Gasteiger partial charge >= 0.3 is 0 Å². The number of carbonyl (C=O) groups is 1. The molecule has 0 saturated heterocycles. The normalized spacial score (nSPS) is 10.4. The van der Waals surface area contributed by atoms with Crippen LogP contribution >= 0.6 is 15.9 Å². The Kier molecular flexibility index (Phi) is 6.11. The van der Waals surface area contributed by atoms with Crippen LogP contribution in [0.2, 0.25) is 0 Å². The van der Waals surface area contributed by atoms with E-state index in [0.29, 0.717) is 13.2 Å². The van der Waals surface area contributed by atoms with Gasteiger partial charge in [-0.1, -0.05) is 15.9 Å². The molecule has 0 spiro atoms. The average Bonchev–Trinajstić information content (AvgIpc) is 2.36. The Hall–Kier alpha value is -1.11. The van der Waals surface area contributed by atoms with Gasteiger partial charge in [0.25, 0.3) is 5.91 Å². The number of ether oxygens (including phenoxy) is 1. The Bertz CT molecular complexity index is 411. The van der Waals surface area contributed by atoms with Crippen LogP contribution in [0, 0.1) is 0 Å². The number of carbonyl (C=O) groups excluding carboxylic acids is 1. The molecule has 0 atom stereocenters. The standard InChI is InChI=1S/C12H16BrNO4/c1-14(4-6-18-7-5-15)12(17)10-8-9(13)2-3-11(10)16/h2-3,8,15-16H,4-7H2,1H3. The molecule has 0 aliphatic heterocycles. The Morgan fingerprint density at radius 2 is 2.17 bits per heavy atom. The van der Waals surface area contributed by atoms with Crippen molar-refractivity contribution in [3.63, 3.8) is 0 Å². The van der Waals surface area contributed by atoms with Gasteiger partial charge in [-0.3, -0.25) is 4.79 Å². The molecule has 2 N–H and O–H groups in total. The fourth-order valence-corrected chi connectivity index (χ4v) is 1.72. The predicted molar refractivity (Wildman–Crippen MR) is 70.7 cm³/mol. The number of aromatic hydroxyl groups is 1. The summed E-state index contributed by atoms with van der Waals surface area (Å²) in [5.74, 6) is -0.326. The van der Waals surface area contributed by atoms with Crippen molar-refractivity contribution in [1.29, 1.82) is 0 Å². The van der Waals surface area contributed by atoms with Crippen molar-refractivity contribution in [3.8, 4) is 5.75 Å². The van der Waals surface area contributed by atoms with Crippen molar-refractivity contribution >= 4 is 21.8 Å². The van der Waals surface area contributed by atoms with Crippen molar-refractivity contribution in [3.05, 3.63) is 28.2 Å². The van der Waals surface area contributed by atoms with E-state index in [4.69, 9.17) is 9.84 Å². The molecule has 0 aromatic heterocycles. The lowest BCUT2D eigenvalue weighted by Gasteiger charge is -2.17. The summed E-state index contributed by atoms with van der Waals surface area (Å²) in [5, 5.41) is 18.2. The van der Waals surface area contributed by atoms with Crippen molar-refractivity contribution in [2.45, 2.75) is 0 Å². The van der Waals surface area contributed by atoms with E-state index >= 15 is 0 Å². The van der Waals surface area contributed by atoms with Crippen molar-refractivity contribution < 1.29 is 19.7 Å². The molecule has 0 aliphatic rings. The Morgan fingerprint density at radius 1 is 1.44 bits per heavy atom. The minimum absolute atomic E-state index is 0.0376. The number of halogens is 1. The number of aliphatic hydroxyl groups is 1. The number of aliphatic hydroxyl groups excluding tert-OH is 1. The zero-order valence-electron chi connectivity index (χ0n) is 10.1. The fraction of sp³-hybridized carbons (Fsp3) is 0.417. The highest BCUT2D eigenvalue weighted by atomic mass is 79.9. The highest BCUT2D eigenvalue weighted by Gasteiger charge is 2.15. The van der Waals surface area contributed by atoms with Gasteiger partial charge in [0.1, 0.15) is 5.75 Å². The molecule has 0 unspecified atom stereocenters. The van der Waals surface area contributed by atoms with Gasteiger partial charge in [-0.05, 0) is 18.2 Å². The first kappa shape index (κ1) is 14.9. The molecule has 1 aromatic carbocycles. The van der Waals surface area contributed by atoms with Crippen LogP contribution in [0.3, 0.4) is 0 Å². The summed E-state index contributed by atoms with van der Waals surface area (Å²) in [5.41, 5.74) is 0.244. The topological polar surface area (TPSA) is 70.0 Å². The predicted octanol–water partition coefficient (Wildman–Crippen LogP) is 1.24. The van der Waals surface area contributed by atoms with Gasteiger partial charge in [-0.2, -0.15) is 0 Å². The van der Waals surface area contributed by atoms with Gasteiger partial charge in [-0.15, -0.1) is 0 Å². The lowest BCUT2D eigenvalue weighted by atomic mass is 10.2. The maximum absolute atomic E-state index is 12.0. The molecule has 0 aliphatic carbocycles. The van der Waals surface area contributed by atoms with Crippen LogP contribution in [-0.2, 0) is 4.74 Å². The summed E-state index contributed by atoms with van der Waals surface area (Å²) in [6.45, 7) is 0.955. The molecular weight excluding hydrogens is 302 g/mol. The van der Waals surface area contributed by atoms with Crippen molar-refractivity contribution in [2.24, 2.45) is 0 Å². The number of phenols is 1. The molecule has 18 heavy (non-hydrogen) atoms. The van der Waals surface area contributed by atoms with Crippen LogP contribution in [-0.4, -0.2) is 54.4 Å². The van der Waals surface area contributed by atoms with E-state index in [2.05, 4.69) is 15.9 Å². The number of amides is 1. The van der Waals surface area contributed by atoms with E-state index in [1.165, 1.54) is 11.0 Å². The van der Waals surface area contributed by atoms with E-state index < -0.39 is 0 Å². The largest absolute Gasteiger partial charge is 0.507 e. The first-order valence-electron chi connectivity index (χ1n) is 5.49. The summed E-state index contributed by atoms with van der Waals surface area (Å²) in [6, 6.07) is 4.70. The number of nitrogens with zero attached hydrogens (tertiary/aromatic N) is 1. The van der Waals surface area contributed by atoms with Crippen LogP contribution < -0.4 is 0 Å². The van der Waals surface area contributed by atoms with Crippen LogP contribution in [0.5, 0.6) is 5.75 Å². The quantitative estimate of drug-likeness (QED) is 0.774. The van der Waals surface area contributed by atoms with E-state index in [1.807, 2.05) is 0 Å². The Morgan fingerprint density at radius 3 is 2.83 bits per heavy atom. The molecule has 0 bridgehead atoms. The zero-order valence-corrected chi connectivity index (χ0v) is 11.7. The van der Waals surface area contributed by atoms with E-state index in [-0.39, 0.29) is 30.4 Å². The molecule has 100 valence electrons. The second-order valence-electron chi connectivity index (χ2n) is 3.72. The molecule has 0 radical (unpaired) electrons. The second kappa shape index (κ2) is 7.35. The second-order valence-corrected chi connectivity index (χ2v) is 4.64. The van der Waals surface area contributed by atoms with Crippen LogP contribution in [0.1, 0.15) is 10.4 Å². The maximum atomic E-state index is 12.0. The molecule has 5 nitrogen and oxygen atoms in total. The number of hydrogen-bond acceptors (Lipinski definition) is 4. The average molecular weight is 318 g/mol. The van der Waals surface area contributed by atoms with Gasteiger partial charge < -0.3 is 19.8 Å². The number of hydrogen-bond donors (Lipinski definition) is 2. The van der Waals surface area contributed by atoms with Gasteiger partial charge in [0.2, 0.25) is 0 Å². The smallest absolute Gasteiger partial charge is 0.257 e. The molecule has 0 heterocycles. The molecule has 6 heteroatoms. The summed E-state index contributed by atoms with van der Waals surface area (Å²) in [4.78, 5) is 13.5. The Balaban J connectivity index is 2.60. The highest BCUT2D eigenvalue weighted by molar-refractivity contribution is 9.10. The van der Waals surface area contributed by atoms with Crippen molar-refractivity contribution in [1.82, 2.24) is 4.90 Å². The summed E-state index contributed by atoms with van der Waals surface area (Å²) >= 11 is 3.25. The minimum Gasteiger partial charge on any atom is -0.507 e. The summed E-state index contributed by atoms with van der Waals surface area (Å²) in [6.07, 6.45) is 0. The van der Waals surface area contributed by atoms with Gasteiger partial charge in [0.15, 0.2) is 0 Å². The van der Waals surface area contributed by atoms with Crippen LogP contribution in [0.4, 0.5) is 0 Å². The molecule has 0 fully saturated rings. The molecule has 1 amide bonds. The molecule has 0 saturated carbocycles. The van der Waals surface area contributed by atoms with Crippen molar-refractivity contribution in [2.75, 3.05) is 33.4 Å². The Labute approximate surface area is 114 Å². The van der Waals surface area contributed by atoms with E-state index in [9.17, 15) is 9.90 Å². The first-order valence-corrected chi connectivity index (χ1v) is 6.28. The lowest BCUT2D eigenvalue weighted by molar-refractivity contribution is 0.0616. The molecule has 1 rings (SSSR count). The minimum atomic E-state index is -0.276. The van der Waals surface area contributed by atoms with E-state index in [0.717, 1.165) is 4.47 Å². The maximum Gasteiger partial charge on any atom is 0.257 e. The lowest BCUT2D eigenvalue weighted by Crippen LogP contribution is -2.30. The first-order chi connectivity index (χ1) is 8.56. The van der Waals surface area contributed by atoms with Crippen LogP contribution in [0.25, 0.3) is 0 Å².